The minimum absolute atomic E-state index is 0.472. The van der Waals surface area contributed by atoms with E-state index in [0.29, 0.717) is 11.9 Å². The Balaban J connectivity index is 1.18. The van der Waals surface area contributed by atoms with Gasteiger partial charge in [-0.15, -0.1) is 0 Å². The summed E-state index contributed by atoms with van der Waals surface area (Å²) < 4.78 is 10.1. The SMILES string of the molecule is [2H]c1ccc(-c2nc3ccccc3n2-c2ccc(-c3nc(-c4ccc5ccccc5c4)cc(-c4ccc5ccccc5c4)n3)cc2)cc1. The van der Waals surface area contributed by atoms with Crippen molar-refractivity contribution < 1.29 is 1.37 Å². The van der Waals surface area contributed by atoms with Crippen molar-refractivity contribution >= 4 is 32.6 Å². The van der Waals surface area contributed by atoms with Gasteiger partial charge in [-0.25, -0.2) is 15.0 Å². The molecule has 0 saturated carbocycles. The van der Waals surface area contributed by atoms with Crippen LogP contribution in [0.2, 0.25) is 0 Å². The molecule has 9 aromatic rings. The van der Waals surface area contributed by atoms with Gasteiger partial charge >= 0.3 is 0 Å². The number of fused-ring (bicyclic) bond motifs is 3. The Morgan fingerprint density at radius 2 is 0.979 bits per heavy atom. The van der Waals surface area contributed by atoms with E-state index in [1.54, 1.807) is 12.1 Å². The maximum Gasteiger partial charge on any atom is 0.160 e. The minimum Gasteiger partial charge on any atom is -0.292 e. The molecule has 0 aliphatic heterocycles. The molecule has 7 aromatic carbocycles. The standard InChI is InChI=1S/C43H28N4/c1-2-12-32(13-3-1)43-46-38-16-8-9-17-41(38)47(43)37-24-22-31(23-25-37)42-44-39(35-20-18-29-10-4-6-14-33(29)26-35)28-40(45-42)36-21-19-30-11-5-7-15-34(30)27-36/h1-28H/i1D. The van der Waals surface area contributed by atoms with Crippen LogP contribution in [0, 0.1) is 0 Å². The average Bonchev–Trinajstić information content (AvgIpc) is 3.54. The van der Waals surface area contributed by atoms with Gasteiger partial charge in [0.2, 0.25) is 0 Å². The summed E-state index contributed by atoms with van der Waals surface area (Å²) in [6.45, 7) is 0. The zero-order chi connectivity index (χ0) is 32.0. The lowest BCUT2D eigenvalue weighted by Crippen LogP contribution is -1.99. The molecule has 2 aromatic heterocycles. The summed E-state index contributed by atoms with van der Waals surface area (Å²) in [7, 11) is 0. The topological polar surface area (TPSA) is 43.6 Å². The van der Waals surface area contributed by atoms with Crippen LogP contribution in [0.4, 0.5) is 0 Å². The molecule has 2 heterocycles. The quantitative estimate of drug-likeness (QED) is 0.197. The van der Waals surface area contributed by atoms with Crippen LogP contribution in [-0.2, 0) is 0 Å². The first-order valence-electron chi connectivity index (χ1n) is 16.2. The van der Waals surface area contributed by atoms with Gasteiger partial charge in [-0.05, 0) is 76.1 Å². The van der Waals surface area contributed by atoms with Crippen molar-refractivity contribution in [2.24, 2.45) is 0 Å². The minimum atomic E-state index is 0.472. The Hall–Kier alpha value is -6.39. The first-order chi connectivity index (χ1) is 23.7. The van der Waals surface area contributed by atoms with Gasteiger partial charge in [0.25, 0.3) is 0 Å². The van der Waals surface area contributed by atoms with Gasteiger partial charge in [0.15, 0.2) is 5.82 Å². The van der Waals surface area contributed by atoms with Crippen LogP contribution >= 0.6 is 0 Å². The summed E-state index contributed by atoms with van der Waals surface area (Å²) in [5.41, 5.74) is 8.63. The second-order valence-corrected chi connectivity index (χ2v) is 11.7. The molecule has 4 heteroatoms. The van der Waals surface area contributed by atoms with E-state index < -0.39 is 0 Å². The fourth-order valence-electron chi connectivity index (χ4n) is 6.35. The average molecular weight is 602 g/mol. The summed E-state index contributed by atoms with van der Waals surface area (Å²) in [6, 6.07) is 56.4. The molecule has 0 N–H and O–H groups in total. The van der Waals surface area contributed by atoms with E-state index in [1.165, 1.54) is 21.5 Å². The third-order valence-corrected chi connectivity index (χ3v) is 8.74. The van der Waals surface area contributed by atoms with E-state index in [4.69, 9.17) is 16.3 Å². The second-order valence-electron chi connectivity index (χ2n) is 11.7. The van der Waals surface area contributed by atoms with E-state index >= 15 is 0 Å². The molecular formula is C43H28N4. The molecule has 0 unspecified atom stereocenters. The Morgan fingerprint density at radius 3 is 1.62 bits per heavy atom. The zero-order valence-corrected chi connectivity index (χ0v) is 25.4. The third kappa shape index (κ3) is 4.93. The van der Waals surface area contributed by atoms with Crippen molar-refractivity contribution in [2.45, 2.75) is 0 Å². The molecule has 0 atom stereocenters. The molecule has 9 rings (SSSR count). The van der Waals surface area contributed by atoms with Crippen molar-refractivity contribution in [1.82, 2.24) is 19.5 Å². The number of rotatable bonds is 5. The van der Waals surface area contributed by atoms with Gasteiger partial charge in [0, 0.05) is 27.9 Å². The van der Waals surface area contributed by atoms with Crippen LogP contribution < -0.4 is 0 Å². The molecule has 47 heavy (non-hydrogen) atoms. The summed E-state index contributed by atoms with van der Waals surface area (Å²) in [6.07, 6.45) is 0. The smallest absolute Gasteiger partial charge is 0.160 e. The predicted molar refractivity (Wildman–Crippen MR) is 193 cm³/mol. The fraction of sp³-hybridized carbons (Fsp3) is 0. The molecule has 220 valence electrons. The molecule has 0 spiro atoms. The number of hydrogen-bond donors (Lipinski definition) is 0. The molecule has 0 aliphatic carbocycles. The van der Waals surface area contributed by atoms with Gasteiger partial charge < -0.3 is 0 Å². The van der Waals surface area contributed by atoms with Crippen LogP contribution in [0.25, 0.3) is 83.6 Å². The van der Waals surface area contributed by atoms with Crippen molar-refractivity contribution in [2.75, 3.05) is 0 Å². The maximum absolute atomic E-state index is 7.96. The molecule has 0 fully saturated rings. The number of para-hydroxylation sites is 2. The van der Waals surface area contributed by atoms with E-state index in [9.17, 15) is 0 Å². The lowest BCUT2D eigenvalue weighted by molar-refractivity contribution is 1.10. The second kappa shape index (κ2) is 11.2. The summed E-state index contributed by atoms with van der Waals surface area (Å²) >= 11 is 0. The van der Waals surface area contributed by atoms with Crippen LogP contribution in [-0.4, -0.2) is 19.5 Å². The highest BCUT2D eigenvalue weighted by atomic mass is 15.1. The Bertz CT molecular complexity index is 2520. The molecule has 4 nitrogen and oxygen atoms in total. The lowest BCUT2D eigenvalue weighted by Gasteiger charge is -2.12. The number of hydrogen-bond acceptors (Lipinski definition) is 3. The Kier molecular flexibility index (Phi) is 6.17. The number of nitrogens with zero attached hydrogens (tertiary/aromatic N) is 4. The summed E-state index contributed by atoms with van der Waals surface area (Å²) in [5.74, 6) is 1.49. The first-order valence-corrected chi connectivity index (χ1v) is 15.7. The van der Waals surface area contributed by atoms with Crippen molar-refractivity contribution in [1.29, 1.82) is 0 Å². The van der Waals surface area contributed by atoms with Gasteiger partial charge in [-0.3, -0.25) is 4.57 Å². The highest BCUT2D eigenvalue weighted by molar-refractivity contribution is 5.89. The number of imidazole rings is 1. The lowest BCUT2D eigenvalue weighted by atomic mass is 10.0. The highest BCUT2D eigenvalue weighted by Crippen LogP contribution is 2.33. The van der Waals surface area contributed by atoms with E-state index in [-0.39, 0.29) is 0 Å². The number of aromatic nitrogens is 4. The third-order valence-electron chi connectivity index (χ3n) is 8.74. The first kappa shape index (κ1) is 25.9. The Morgan fingerprint density at radius 1 is 0.426 bits per heavy atom. The predicted octanol–water partition coefficient (Wildman–Crippen LogP) is 10.8. The monoisotopic (exact) mass is 601 g/mol. The largest absolute Gasteiger partial charge is 0.292 e. The molecule has 0 amide bonds. The van der Waals surface area contributed by atoms with Gasteiger partial charge in [0.1, 0.15) is 5.82 Å². The van der Waals surface area contributed by atoms with E-state index in [1.807, 2.05) is 30.3 Å². The molecule has 0 saturated heterocycles. The normalized spacial score (nSPS) is 11.7. The summed E-state index contributed by atoms with van der Waals surface area (Å²) in [4.78, 5) is 15.3. The van der Waals surface area contributed by atoms with Crippen molar-refractivity contribution in [3.05, 3.63) is 170 Å². The van der Waals surface area contributed by atoms with Gasteiger partial charge in [-0.1, -0.05) is 115 Å². The molecule has 0 aliphatic rings. The summed E-state index contributed by atoms with van der Waals surface area (Å²) in [5, 5.41) is 4.74. The van der Waals surface area contributed by atoms with E-state index in [0.717, 1.165) is 56.2 Å². The van der Waals surface area contributed by atoms with Crippen LogP contribution in [0.5, 0.6) is 0 Å². The molecule has 0 bridgehead atoms. The van der Waals surface area contributed by atoms with Gasteiger partial charge in [-0.2, -0.15) is 0 Å². The Labute approximate surface area is 273 Å². The van der Waals surface area contributed by atoms with E-state index in [2.05, 4.69) is 126 Å². The van der Waals surface area contributed by atoms with Crippen molar-refractivity contribution in [3.63, 3.8) is 0 Å². The fourth-order valence-corrected chi connectivity index (χ4v) is 6.35. The van der Waals surface area contributed by atoms with Gasteiger partial charge in [0.05, 0.1) is 23.8 Å². The molecular weight excluding hydrogens is 573 g/mol. The molecule has 0 radical (unpaired) electrons. The zero-order valence-electron chi connectivity index (χ0n) is 26.4. The highest BCUT2D eigenvalue weighted by Gasteiger charge is 2.16. The van der Waals surface area contributed by atoms with Crippen molar-refractivity contribution in [3.8, 4) is 51.0 Å². The van der Waals surface area contributed by atoms with Crippen LogP contribution in [0.3, 0.4) is 0 Å². The number of benzene rings is 7. The maximum atomic E-state index is 7.96. The van der Waals surface area contributed by atoms with Crippen LogP contribution in [0.15, 0.2) is 170 Å². The van der Waals surface area contributed by atoms with Crippen LogP contribution in [0.1, 0.15) is 1.37 Å².